The number of fused-ring (bicyclic) bond motifs is 4. The van der Waals surface area contributed by atoms with Gasteiger partial charge in [0, 0.05) is 22.3 Å². The Labute approximate surface area is 320 Å². The van der Waals surface area contributed by atoms with Crippen LogP contribution in [0.15, 0.2) is 195 Å². The summed E-state index contributed by atoms with van der Waals surface area (Å²) in [4.78, 5) is 18.2. The monoisotopic (exact) mass is 766 g/mol. The number of hydrogen-bond donors (Lipinski definition) is 0. The Morgan fingerprint density at radius 1 is 0.245 bits per heavy atom. The van der Waals surface area contributed by atoms with Gasteiger partial charge < -0.3 is 0 Å². The molecule has 0 aliphatic rings. The number of hydrogen-bond acceptors (Lipinski definition) is 4. The fourth-order valence-corrected chi connectivity index (χ4v) is 7.10. The molecule has 0 aliphatic carbocycles. The summed E-state index contributed by atoms with van der Waals surface area (Å²) in [7, 11) is 0. The Morgan fingerprint density at radius 3 is 0.736 bits per heavy atom. The van der Waals surface area contributed by atoms with Crippen molar-refractivity contribution in [1.29, 1.82) is 0 Å². The summed E-state index contributed by atoms with van der Waals surface area (Å²) in [6.07, 6.45) is 3.32. The van der Waals surface area contributed by atoms with E-state index in [1.54, 1.807) is 12.7 Å². The predicted octanol–water partition coefficient (Wildman–Crippen LogP) is 12.2. The van der Waals surface area contributed by atoms with Crippen molar-refractivity contribution in [1.82, 2.24) is 19.9 Å². The van der Waals surface area contributed by atoms with E-state index >= 15 is 0 Å². The molecule has 10 aromatic rings. The van der Waals surface area contributed by atoms with E-state index in [4.69, 9.17) is 0 Å². The summed E-state index contributed by atoms with van der Waals surface area (Å²) in [6.45, 7) is 0. The zero-order valence-electron chi connectivity index (χ0n) is 28.6. The molecular weight excluding hydrogens is 734 g/mol. The van der Waals surface area contributed by atoms with Gasteiger partial charge in [0.1, 0.15) is 12.7 Å². The minimum Gasteiger partial charge on any atom is -0.236 e. The standard InChI is InChI=1S/2C24H16N2.Ru/c2*1-3-11-19-17(7-1)9-5-13-21(19)23-15-24(26-16-25-23)22-14-6-10-18-8-2-4-12-20(18)22;/h2*1-16H;/q;;+3. The maximum atomic E-state index is 4.55. The second kappa shape index (κ2) is 15.1. The van der Waals surface area contributed by atoms with Crippen molar-refractivity contribution in [3.8, 4) is 45.0 Å². The maximum absolute atomic E-state index is 4.55. The Morgan fingerprint density at radius 2 is 0.472 bits per heavy atom. The topological polar surface area (TPSA) is 51.6 Å². The number of aromatic nitrogens is 4. The van der Waals surface area contributed by atoms with E-state index in [9.17, 15) is 0 Å². The van der Waals surface area contributed by atoms with Crippen LogP contribution in [-0.4, -0.2) is 19.9 Å². The van der Waals surface area contributed by atoms with E-state index in [0.29, 0.717) is 0 Å². The van der Waals surface area contributed by atoms with Gasteiger partial charge in [0.2, 0.25) is 0 Å². The van der Waals surface area contributed by atoms with E-state index < -0.39 is 0 Å². The smallest absolute Gasteiger partial charge is 0.236 e. The molecule has 0 fully saturated rings. The van der Waals surface area contributed by atoms with Crippen LogP contribution in [0.25, 0.3) is 88.1 Å². The van der Waals surface area contributed by atoms with Crippen LogP contribution < -0.4 is 0 Å². The van der Waals surface area contributed by atoms with Crippen LogP contribution in [0.1, 0.15) is 0 Å². The molecule has 1 radical (unpaired) electrons. The van der Waals surface area contributed by atoms with Crippen molar-refractivity contribution in [3.63, 3.8) is 0 Å². The van der Waals surface area contributed by atoms with Crippen LogP contribution in [0, 0.1) is 0 Å². The Hall–Kier alpha value is -6.42. The fourth-order valence-electron chi connectivity index (χ4n) is 7.10. The molecular formula is C48H32N4Ru+3. The second-order valence-electron chi connectivity index (χ2n) is 12.7. The van der Waals surface area contributed by atoms with Crippen molar-refractivity contribution < 1.29 is 19.5 Å². The minimum atomic E-state index is 0. The molecule has 249 valence electrons. The van der Waals surface area contributed by atoms with Gasteiger partial charge in [0.15, 0.2) is 0 Å². The summed E-state index contributed by atoms with van der Waals surface area (Å²) in [5.41, 5.74) is 8.30. The SMILES string of the molecule is [Ru+3].c1ccc2c(-c3cc(-c4cccc5ccccc45)ncn3)cccc2c1.c1ccc2c(-c3cc(-c4cccc5ccccc45)ncn3)cccc2c1. The molecule has 0 N–H and O–H groups in total. The summed E-state index contributed by atoms with van der Waals surface area (Å²) in [5.74, 6) is 0. The van der Waals surface area contributed by atoms with E-state index in [1.807, 2.05) is 0 Å². The third kappa shape index (κ3) is 6.71. The summed E-state index contributed by atoms with van der Waals surface area (Å²) in [6, 6.07) is 63.1. The molecule has 8 aromatic carbocycles. The largest absolute Gasteiger partial charge is 3.00 e. The minimum absolute atomic E-state index is 0. The van der Waals surface area contributed by atoms with Gasteiger partial charge in [-0.1, -0.05) is 170 Å². The van der Waals surface area contributed by atoms with Crippen molar-refractivity contribution in [2.45, 2.75) is 0 Å². The summed E-state index contributed by atoms with van der Waals surface area (Å²) in [5, 5.41) is 9.70. The van der Waals surface area contributed by atoms with Crippen molar-refractivity contribution in [2.24, 2.45) is 0 Å². The third-order valence-corrected chi connectivity index (χ3v) is 9.60. The molecule has 0 bridgehead atoms. The van der Waals surface area contributed by atoms with Crippen LogP contribution in [0.5, 0.6) is 0 Å². The van der Waals surface area contributed by atoms with Gasteiger partial charge in [0.25, 0.3) is 0 Å². The zero-order valence-corrected chi connectivity index (χ0v) is 30.4. The first-order valence-corrected chi connectivity index (χ1v) is 17.4. The van der Waals surface area contributed by atoms with E-state index in [2.05, 4.69) is 202 Å². The molecule has 0 unspecified atom stereocenters. The normalized spacial score (nSPS) is 10.9. The van der Waals surface area contributed by atoms with Gasteiger partial charge in [-0.3, -0.25) is 0 Å². The van der Waals surface area contributed by atoms with Gasteiger partial charge in [-0.2, -0.15) is 0 Å². The Bertz CT molecular complexity index is 2480. The molecule has 2 aromatic heterocycles. The molecule has 0 atom stereocenters. The average Bonchev–Trinajstić information content (AvgIpc) is 3.23. The first-order valence-electron chi connectivity index (χ1n) is 17.4. The zero-order chi connectivity index (χ0) is 34.7. The molecule has 53 heavy (non-hydrogen) atoms. The quantitative estimate of drug-likeness (QED) is 0.167. The molecule has 0 aliphatic heterocycles. The first-order chi connectivity index (χ1) is 25.8. The van der Waals surface area contributed by atoms with Crippen LogP contribution in [0.3, 0.4) is 0 Å². The number of rotatable bonds is 4. The molecule has 0 saturated heterocycles. The van der Waals surface area contributed by atoms with Gasteiger partial charge in [-0.05, 0) is 55.2 Å². The predicted molar refractivity (Wildman–Crippen MR) is 216 cm³/mol. The summed E-state index contributed by atoms with van der Waals surface area (Å²) >= 11 is 0. The first kappa shape index (κ1) is 33.7. The molecule has 2 heterocycles. The van der Waals surface area contributed by atoms with Gasteiger partial charge in [-0.25, -0.2) is 19.9 Å². The molecule has 4 nitrogen and oxygen atoms in total. The second-order valence-corrected chi connectivity index (χ2v) is 12.7. The molecule has 0 spiro atoms. The van der Waals surface area contributed by atoms with Gasteiger partial charge in [0.05, 0.1) is 22.8 Å². The van der Waals surface area contributed by atoms with E-state index in [1.165, 1.54) is 43.1 Å². The van der Waals surface area contributed by atoms with Crippen LogP contribution >= 0.6 is 0 Å². The Kier molecular flexibility index (Phi) is 9.57. The van der Waals surface area contributed by atoms with Crippen molar-refractivity contribution in [3.05, 3.63) is 195 Å². The van der Waals surface area contributed by atoms with Crippen LogP contribution in [0.2, 0.25) is 0 Å². The summed E-state index contributed by atoms with van der Waals surface area (Å²) < 4.78 is 0. The molecule has 0 amide bonds. The van der Waals surface area contributed by atoms with Crippen molar-refractivity contribution >= 4 is 43.1 Å². The third-order valence-electron chi connectivity index (χ3n) is 9.60. The average molecular weight is 766 g/mol. The van der Waals surface area contributed by atoms with Crippen LogP contribution in [-0.2, 0) is 19.5 Å². The fraction of sp³-hybridized carbons (Fsp3) is 0. The van der Waals surface area contributed by atoms with Gasteiger partial charge >= 0.3 is 19.5 Å². The van der Waals surface area contributed by atoms with Crippen LogP contribution in [0.4, 0.5) is 0 Å². The molecule has 10 rings (SSSR count). The number of nitrogens with zero attached hydrogens (tertiary/aromatic N) is 4. The molecule has 5 heteroatoms. The van der Waals surface area contributed by atoms with E-state index in [0.717, 1.165) is 45.0 Å². The van der Waals surface area contributed by atoms with Crippen molar-refractivity contribution in [2.75, 3.05) is 0 Å². The number of benzene rings is 8. The maximum Gasteiger partial charge on any atom is 3.00 e. The molecule has 0 saturated carbocycles. The van der Waals surface area contributed by atoms with E-state index in [-0.39, 0.29) is 19.5 Å². The Balaban J connectivity index is 0.000000148. The van der Waals surface area contributed by atoms with Gasteiger partial charge in [-0.15, -0.1) is 0 Å².